The summed E-state index contributed by atoms with van der Waals surface area (Å²) in [7, 11) is 0. The molecule has 3 aromatic heterocycles. The van der Waals surface area contributed by atoms with Crippen LogP contribution in [-0.2, 0) is 0 Å². The Labute approximate surface area is 295 Å². The molecule has 0 amide bonds. The zero-order chi connectivity index (χ0) is 33.9. The maximum Gasteiger partial charge on any atom is 0.164 e. The number of hydrogen-bond donors (Lipinski definition) is 0. The number of fused-ring (bicyclic) bond motifs is 7. The van der Waals surface area contributed by atoms with Gasteiger partial charge in [-0.3, -0.25) is 0 Å². The molecule has 1 unspecified atom stereocenters. The molecule has 3 heterocycles. The first-order valence-electron chi connectivity index (χ1n) is 17.5. The van der Waals surface area contributed by atoms with Gasteiger partial charge < -0.3 is 9.13 Å². The van der Waals surface area contributed by atoms with Gasteiger partial charge in [-0.2, -0.15) is 0 Å². The highest BCUT2D eigenvalue weighted by Crippen LogP contribution is 2.43. The first-order chi connectivity index (χ1) is 25.2. The van der Waals surface area contributed by atoms with E-state index in [1.807, 2.05) is 60.7 Å². The number of para-hydroxylation sites is 2. The van der Waals surface area contributed by atoms with Gasteiger partial charge in [-0.05, 0) is 55.0 Å². The Morgan fingerprint density at radius 3 is 1.67 bits per heavy atom. The average molecular weight is 656 g/mol. The average Bonchev–Trinajstić information content (AvgIpc) is 3.72. The lowest BCUT2D eigenvalue weighted by Gasteiger charge is -2.20. The molecule has 0 aliphatic heterocycles. The summed E-state index contributed by atoms with van der Waals surface area (Å²) in [5.74, 6) is 2.37. The summed E-state index contributed by atoms with van der Waals surface area (Å²) < 4.78 is 4.92. The second kappa shape index (κ2) is 11.8. The minimum Gasteiger partial charge on any atom is -0.313 e. The molecule has 6 aromatic carbocycles. The summed E-state index contributed by atoms with van der Waals surface area (Å²) in [5, 5.41) is 5.01. The maximum absolute atomic E-state index is 4.98. The van der Waals surface area contributed by atoms with Crippen molar-refractivity contribution < 1.29 is 0 Å². The molecule has 10 rings (SSSR count). The van der Waals surface area contributed by atoms with Crippen LogP contribution < -0.4 is 0 Å². The predicted octanol–water partition coefficient (Wildman–Crippen LogP) is 11.5. The third-order valence-corrected chi connectivity index (χ3v) is 10.2. The lowest BCUT2D eigenvalue weighted by molar-refractivity contribution is 0.725. The van der Waals surface area contributed by atoms with Gasteiger partial charge in [-0.25, -0.2) is 15.0 Å². The lowest BCUT2D eigenvalue weighted by Crippen LogP contribution is -2.07. The highest BCUT2D eigenvalue weighted by molar-refractivity contribution is 6.26. The molecule has 5 nitrogen and oxygen atoms in total. The zero-order valence-electron chi connectivity index (χ0n) is 28.1. The molecule has 0 spiro atoms. The standard InChI is InChI=1S/C46H33N5/c1-30-14-8-11-21-38(30)51-40-23-13-10-20-37(40)42-41(51)29-28-36-35-19-9-12-22-39(35)50(43(36)42)34-26-24-33(25-27-34)46-48-44(31-15-4-2-5-16-31)47-45(49-46)32-17-6-3-7-18-32/h2-13,15-30H,14H2,1H3. The third kappa shape index (κ3) is 4.73. The molecule has 51 heavy (non-hydrogen) atoms. The highest BCUT2D eigenvalue weighted by atomic mass is 15.0. The zero-order valence-corrected chi connectivity index (χ0v) is 28.1. The van der Waals surface area contributed by atoms with Crippen molar-refractivity contribution in [2.45, 2.75) is 13.3 Å². The van der Waals surface area contributed by atoms with E-state index in [0.717, 1.165) is 28.8 Å². The third-order valence-electron chi connectivity index (χ3n) is 10.2. The molecule has 1 aliphatic rings. The monoisotopic (exact) mass is 655 g/mol. The molecule has 0 N–H and O–H groups in total. The first kappa shape index (κ1) is 29.3. The lowest BCUT2D eigenvalue weighted by atomic mass is 9.98. The first-order valence-corrected chi connectivity index (χ1v) is 17.5. The van der Waals surface area contributed by atoms with E-state index in [9.17, 15) is 0 Å². The molecular weight excluding hydrogens is 623 g/mol. The van der Waals surface area contributed by atoms with Crippen molar-refractivity contribution in [3.05, 3.63) is 164 Å². The van der Waals surface area contributed by atoms with E-state index in [2.05, 4.69) is 119 Å². The molecule has 0 saturated heterocycles. The number of aromatic nitrogens is 5. The maximum atomic E-state index is 4.98. The molecule has 1 atom stereocenters. The Bertz CT molecular complexity index is 2760. The SMILES string of the molecule is CC1CC=CC=C1n1c2ccccc2c2c1ccc1c3ccccc3n(-c3ccc(-c4nc(-c5ccccc5)nc(-c5ccccc5)n4)cc3)c12. The fourth-order valence-corrected chi connectivity index (χ4v) is 7.78. The molecular formula is C46H33N5. The topological polar surface area (TPSA) is 48.5 Å². The van der Waals surface area contributed by atoms with Gasteiger partial charge in [0.2, 0.25) is 0 Å². The molecule has 0 saturated carbocycles. The highest BCUT2D eigenvalue weighted by Gasteiger charge is 2.23. The number of allylic oxidation sites excluding steroid dienone is 4. The van der Waals surface area contributed by atoms with E-state index in [0.29, 0.717) is 23.4 Å². The van der Waals surface area contributed by atoms with Gasteiger partial charge in [0, 0.05) is 55.5 Å². The largest absolute Gasteiger partial charge is 0.313 e. The summed E-state index contributed by atoms with van der Waals surface area (Å²) >= 11 is 0. The van der Waals surface area contributed by atoms with Crippen LogP contribution in [0.1, 0.15) is 13.3 Å². The van der Waals surface area contributed by atoms with Gasteiger partial charge in [-0.1, -0.05) is 122 Å². The van der Waals surface area contributed by atoms with E-state index in [4.69, 9.17) is 15.0 Å². The summed E-state index contributed by atoms with van der Waals surface area (Å²) in [6, 6.07) is 51.1. The Morgan fingerprint density at radius 2 is 1.04 bits per heavy atom. The predicted molar refractivity (Wildman–Crippen MR) is 211 cm³/mol. The van der Waals surface area contributed by atoms with E-state index in [-0.39, 0.29) is 0 Å². The Kier molecular flexibility index (Phi) is 6.78. The molecule has 0 bridgehead atoms. The fraction of sp³-hybridized carbons (Fsp3) is 0.0652. The van der Waals surface area contributed by atoms with E-state index in [1.165, 1.54) is 49.3 Å². The van der Waals surface area contributed by atoms with Crippen LogP contribution in [0.25, 0.3) is 89.2 Å². The number of benzene rings is 6. The summed E-state index contributed by atoms with van der Waals surface area (Å²) in [4.78, 5) is 14.8. The van der Waals surface area contributed by atoms with Crippen LogP contribution in [-0.4, -0.2) is 24.1 Å². The van der Waals surface area contributed by atoms with Gasteiger partial charge in [0.05, 0.1) is 22.1 Å². The molecule has 9 aromatic rings. The minimum atomic E-state index is 0.420. The van der Waals surface area contributed by atoms with Crippen LogP contribution in [0.15, 0.2) is 164 Å². The van der Waals surface area contributed by atoms with Gasteiger partial charge in [0.15, 0.2) is 17.5 Å². The van der Waals surface area contributed by atoms with Crippen molar-refractivity contribution in [1.29, 1.82) is 0 Å². The quantitative estimate of drug-likeness (QED) is 0.185. The van der Waals surface area contributed by atoms with E-state index >= 15 is 0 Å². The van der Waals surface area contributed by atoms with Gasteiger partial charge in [0.25, 0.3) is 0 Å². The molecule has 1 aliphatic carbocycles. The van der Waals surface area contributed by atoms with E-state index < -0.39 is 0 Å². The van der Waals surface area contributed by atoms with Crippen LogP contribution in [0.4, 0.5) is 0 Å². The van der Waals surface area contributed by atoms with Gasteiger partial charge in [-0.15, -0.1) is 0 Å². The smallest absolute Gasteiger partial charge is 0.164 e. The summed E-state index contributed by atoms with van der Waals surface area (Å²) in [6.07, 6.45) is 7.79. The fourth-order valence-electron chi connectivity index (χ4n) is 7.78. The molecule has 0 radical (unpaired) electrons. The molecule has 242 valence electrons. The van der Waals surface area contributed by atoms with Crippen molar-refractivity contribution in [3.63, 3.8) is 0 Å². The van der Waals surface area contributed by atoms with Crippen LogP contribution in [0.5, 0.6) is 0 Å². The van der Waals surface area contributed by atoms with Crippen LogP contribution in [0.2, 0.25) is 0 Å². The summed E-state index contributed by atoms with van der Waals surface area (Å²) in [6.45, 7) is 2.32. The Morgan fingerprint density at radius 1 is 0.490 bits per heavy atom. The second-order valence-corrected chi connectivity index (χ2v) is 13.3. The van der Waals surface area contributed by atoms with Crippen molar-refractivity contribution in [2.24, 2.45) is 5.92 Å². The summed E-state index contributed by atoms with van der Waals surface area (Å²) in [5.41, 5.74) is 10.1. The van der Waals surface area contributed by atoms with Crippen LogP contribution >= 0.6 is 0 Å². The van der Waals surface area contributed by atoms with Crippen molar-refractivity contribution in [3.8, 4) is 39.9 Å². The molecule has 0 fully saturated rings. The number of nitrogens with zero attached hydrogens (tertiary/aromatic N) is 5. The Hall–Kier alpha value is -6.59. The van der Waals surface area contributed by atoms with Crippen molar-refractivity contribution in [2.75, 3.05) is 0 Å². The number of rotatable bonds is 5. The number of hydrogen-bond acceptors (Lipinski definition) is 3. The van der Waals surface area contributed by atoms with Crippen molar-refractivity contribution >= 4 is 49.3 Å². The van der Waals surface area contributed by atoms with Crippen LogP contribution in [0, 0.1) is 5.92 Å². The molecule has 5 heteroatoms. The van der Waals surface area contributed by atoms with Gasteiger partial charge >= 0.3 is 0 Å². The normalized spacial score (nSPS) is 14.5. The second-order valence-electron chi connectivity index (χ2n) is 13.3. The van der Waals surface area contributed by atoms with Crippen molar-refractivity contribution in [1.82, 2.24) is 24.1 Å². The Balaban J connectivity index is 1.19. The minimum absolute atomic E-state index is 0.420. The van der Waals surface area contributed by atoms with Gasteiger partial charge in [0.1, 0.15) is 0 Å². The van der Waals surface area contributed by atoms with E-state index in [1.54, 1.807) is 0 Å². The van der Waals surface area contributed by atoms with Crippen LogP contribution in [0.3, 0.4) is 0 Å².